The molecule has 0 radical (unpaired) electrons. The SMILES string of the molecule is CC(=O)OC1C[C@@H]2CC[C@H]3[C@@H]4CC[C@H](O)[C@@]4(C)CC[C@@H]3[C@@]2(C)[C@H]2C[C@@H]12. The lowest BCUT2D eigenvalue weighted by Gasteiger charge is -2.60. The maximum absolute atomic E-state index is 11.5. The fraction of sp³-hybridized carbons (Fsp3) is 0.955. The van der Waals surface area contributed by atoms with E-state index in [0.717, 1.165) is 42.4 Å². The van der Waals surface area contributed by atoms with Gasteiger partial charge < -0.3 is 9.84 Å². The van der Waals surface area contributed by atoms with Crippen molar-refractivity contribution < 1.29 is 14.6 Å². The van der Waals surface area contributed by atoms with Gasteiger partial charge in [-0.15, -0.1) is 0 Å². The van der Waals surface area contributed by atoms with E-state index in [2.05, 4.69) is 13.8 Å². The molecule has 0 aromatic heterocycles. The third kappa shape index (κ3) is 2.11. The number of carbonyl (C=O) groups is 1. The molecule has 0 heterocycles. The van der Waals surface area contributed by atoms with Crippen LogP contribution in [0.15, 0.2) is 0 Å². The minimum atomic E-state index is -0.0960. The van der Waals surface area contributed by atoms with Gasteiger partial charge in [-0.3, -0.25) is 4.79 Å². The molecule has 0 aliphatic heterocycles. The molecule has 5 rings (SSSR count). The molecular formula is C22H34O3. The molecule has 1 unspecified atom stereocenters. The molecular weight excluding hydrogens is 312 g/mol. The third-order valence-corrected chi connectivity index (χ3v) is 9.86. The van der Waals surface area contributed by atoms with E-state index in [1.54, 1.807) is 6.92 Å². The number of hydrogen-bond donors (Lipinski definition) is 1. The molecule has 5 saturated carbocycles. The van der Waals surface area contributed by atoms with Crippen LogP contribution in [-0.4, -0.2) is 23.3 Å². The Morgan fingerprint density at radius 1 is 0.960 bits per heavy atom. The maximum atomic E-state index is 11.5. The predicted octanol–water partition coefficient (Wildman–Crippen LogP) is 4.18. The number of ether oxygens (including phenoxy) is 1. The Bertz CT molecular complexity index is 588. The molecule has 140 valence electrons. The summed E-state index contributed by atoms with van der Waals surface area (Å²) in [5.41, 5.74) is 0.640. The van der Waals surface area contributed by atoms with Crippen LogP contribution in [0.2, 0.25) is 0 Å². The van der Waals surface area contributed by atoms with Crippen molar-refractivity contribution in [3.63, 3.8) is 0 Å². The summed E-state index contributed by atoms with van der Waals surface area (Å²) in [6, 6.07) is 0. The molecule has 25 heavy (non-hydrogen) atoms. The monoisotopic (exact) mass is 346 g/mol. The molecule has 1 N–H and O–H groups in total. The van der Waals surface area contributed by atoms with E-state index in [1.807, 2.05) is 0 Å². The quantitative estimate of drug-likeness (QED) is 0.725. The molecule has 5 aliphatic rings. The highest BCUT2D eigenvalue weighted by molar-refractivity contribution is 5.66. The van der Waals surface area contributed by atoms with Crippen molar-refractivity contribution in [3.8, 4) is 0 Å². The van der Waals surface area contributed by atoms with Gasteiger partial charge in [0.05, 0.1) is 6.10 Å². The number of hydrogen-bond acceptors (Lipinski definition) is 3. The van der Waals surface area contributed by atoms with E-state index in [0.29, 0.717) is 11.3 Å². The van der Waals surface area contributed by atoms with Crippen molar-refractivity contribution in [1.29, 1.82) is 0 Å². The van der Waals surface area contributed by atoms with Gasteiger partial charge in [-0.25, -0.2) is 0 Å². The highest BCUT2D eigenvalue weighted by atomic mass is 16.5. The molecule has 5 aliphatic carbocycles. The number of aliphatic hydroxyl groups excluding tert-OH is 1. The molecule has 0 bridgehead atoms. The summed E-state index contributed by atoms with van der Waals surface area (Å²) in [6.45, 7) is 6.53. The van der Waals surface area contributed by atoms with Crippen LogP contribution in [0.5, 0.6) is 0 Å². The molecule has 0 spiro atoms. The van der Waals surface area contributed by atoms with Gasteiger partial charge in [0, 0.05) is 6.92 Å². The van der Waals surface area contributed by atoms with Gasteiger partial charge in [0.1, 0.15) is 6.10 Å². The topological polar surface area (TPSA) is 46.5 Å². The normalized spacial score (nSPS) is 59.2. The van der Waals surface area contributed by atoms with Gasteiger partial charge in [-0.2, -0.15) is 0 Å². The van der Waals surface area contributed by atoms with Gasteiger partial charge in [-0.1, -0.05) is 13.8 Å². The summed E-state index contributed by atoms with van der Waals surface area (Å²) in [5.74, 6) is 4.44. The smallest absolute Gasteiger partial charge is 0.302 e. The van der Waals surface area contributed by atoms with Crippen molar-refractivity contribution in [3.05, 3.63) is 0 Å². The van der Waals surface area contributed by atoms with Crippen molar-refractivity contribution in [2.24, 2.45) is 46.3 Å². The summed E-state index contributed by atoms with van der Waals surface area (Å²) < 4.78 is 5.70. The van der Waals surface area contributed by atoms with E-state index in [-0.39, 0.29) is 23.6 Å². The Hall–Kier alpha value is -0.570. The van der Waals surface area contributed by atoms with E-state index < -0.39 is 0 Å². The number of esters is 1. The molecule has 10 atom stereocenters. The minimum Gasteiger partial charge on any atom is -0.462 e. The average Bonchev–Trinajstić information content (AvgIpc) is 3.31. The fourth-order valence-corrected chi connectivity index (χ4v) is 8.54. The molecule has 3 heteroatoms. The molecule has 0 saturated heterocycles. The Kier molecular flexibility index (Phi) is 3.48. The van der Waals surface area contributed by atoms with Crippen molar-refractivity contribution in [2.75, 3.05) is 0 Å². The zero-order valence-electron chi connectivity index (χ0n) is 16.0. The van der Waals surface area contributed by atoms with Crippen LogP contribution in [-0.2, 0) is 9.53 Å². The molecule has 0 aromatic carbocycles. The van der Waals surface area contributed by atoms with Crippen LogP contribution in [0.4, 0.5) is 0 Å². The summed E-state index contributed by atoms with van der Waals surface area (Å²) in [4.78, 5) is 11.5. The Morgan fingerprint density at radius 3 is 2.52 bits per heavy atom. The average molecular weight is 347 g/mol. The van der Waals surface area contributed by atoms with Gasteiger partial charge in [0.2, 0.25) is 0 Å². The Labute approximate surface area is 151 Å². The first kappa shape index (κ1) is 16.6. The van der Waals surface area contributed by atoms with E-state index >= 15 is 0 Å². The minimum absolute atomic E-state index is 0.0719. The summed E-state index contributed by atoms with van der Waals surface area (Å²) in [7, 11) is 0. The number of fused-ring (bicyclic) bond motifs is 7. The zero-order valence-corrected chi connectivity index (χ0v) is 16.0. The maximum Gasteiger partial charge on any atom is 0.302 e. The first-order valence-corrected chi connectivity index (χ1v) is 10.7. The lowest BCUT2D eigenvalue weighted by molar-refractivity contribution is -0.163. The van der Waals surface area contributed by atoms with Crippen LogP contribution in [0.1, 0.15) is 72.1 Å². The Morgan fingerprint density at radius 2 is 1.76 bits per heavy atom. The van der Waals surface area contributed by atoms with Crippen LogP contribution >= 0.6 is 0 Å². The first-order valence-electron chi connectivity index (χ1n) is 10.7. The van der Waals surface area contributed by atoms with Crippen LogP contribution in [0, 0.1) is 46.3 Å². The van der Waals surface area contributed by atoms with Crippen molar-refractivity contribution >= 4 is 5.97 Å². The lowest BCUT2D eigenvalue weighted by atomic mass is 9.45. The zero-order chi connectivity index (χ0) is 17.6. The highest BCUT2D eigenvalue weighted by Gasteiger charge is 2.68. The van der Waals surface area contributed by atoms with Gasteiger partial charge in [0.15, 0.2) is 0 Å². The number of carbonyl (C=O) groups excluding carboxylic acids is 1. The largest absolute Gasteiger partial charge is 0.462 e. The van der Waals surface area contributed by atoms with E-state index in [4.69, 9.17) is 4.74 Å². The van der Waals surface area contributed by atoms with Crippen LogP contribution in [0.3, 0.4) is 0 Å². The van der Waals surface area contributed by atoms with E-state index in [1.165, 1.54) is 38.5 Å². The Balaban J connectivity index is 1.42. The summed E-state index contributed by atoms with van der Waals surface area (Å²) >= 11 is 0. The fourth-order valence-electron chi connectivity index (χ4n) is 8.54. The van der Waals surface area contributed by atoms with Crippen LogP contribution in [0.25, 0.3) is 0 Å². The van der Waals surface area contributed by atoms with Gasteiger partial charge >= 0.3 is 5.97 Å². The highest BCUT2D eigenvalue weighted by Crippen LogP contribution is 2.73. The lowest BCUT2D eigenvalue weighted by Crippen LogP contribution is -2.55. The second-order valence-corrected chi connectivity index (χ2v) is 10.5. The summed E-state index contributed by atoms with van der Waals surface area (Å²) in [5, 5.41) is 10.6. The van der Waals surface area contributed by atoms with Gasteiger partial charge in [-0.05, 0) is 97.7 Å². The first-order chi connectivity index (χ1) is 11.9. The second-order valence-electron chi connectivity index (χ2n) is 10.5. The summed E-state index contributed by atoms with van der Waals surface area (Å²) in [6.07, 6.45) is 9.93. The molecule has 0 aromatic rings. The van der Waals surface area contributed by atoms with Crippen molar-refractivity contribution in [2.45, 2.75) is 84.3 Å². The molecule has 0 amide bonds. The number of aliphatic hydroxyl groups is 1. The van der Waals surface area contributed by atoms with Crippen LogP contribution < -0.4 is 0 Å². The van der Waals surface area contributed by atoms with Gasteiger partial charge in [0.25, 0.3) is 0 Å². The van der Waals surface area contributed by atoms with E-state index in [9.17, 15) is 9.90 Å². The standard InChI is InChI=1S/C22H34O3/c1-12(23)25-19-10-13-4-5-14-16-6-7-20(24)21(16,2)9-8-17(14)22(13,3)18-11-15(18)19/h13-20,24H,4-11H2,1-3H3/t13-,14-,15+,16-,17-,18-,19?,20-,21-,22-/m0/s1. The van der Waals surface area contributed by atoms with Crippen molar-refractivity contribution in [1.82, 2.24) is 0 Å². The molecule has 5 fully saturated rings. The third-order valence-electron chi connectivity index (χ3n) is 9.86. The predicted molar refractivity (Wildman–Crippen MR) is 95.7 cm³/mol. The molecule has 3 nitrogen and oxygen atoms in total. The number of rotatable bonds is 1. The second kappa shape index (κ2) is 5.24.